The van der Waals surface area contributed by atoms with E-state index < -0.39 is 0 Å². The predicted octanol–water partition coefficient (Wildman–Crippen LogP) is 3.25. The molecule has 0 aliphatic carbocycles. The number of benzene rings is 2. The van der Waals surface area contributed by atoms with Gasteiger partial charge in [-0.3, -0.25) is 0 Å². The highest BCUT2D eigenvalue weighted by molar-refractivity contribution is 5.62. The minimum Gasteiger partial charge on any atom is -0.222 e. The number of hydrogen-bond donors (Lipinski definition) is 1. The van der Waals surface area contributed by atoms with Gasteiger partial charge in [-0.15, -0.1) is 0 Å². The topological polar surface area (TPSA) is 40.9 Å². The SMILES string of the molecule is N=C=O.[2H]c1ccc(-c2ccccc2[2H])cc1. The molecular formula is C13H11NO. The van der Waals surface area contributed by atoms with Gasteiger partial charge in [-0.05, 0) is 11.1 Å². The monoisotopic (exact) mass is 199 g/mol. The summed E-state index contributed by atoms with van der Waals surface area (Å²) in [6.45, 7) is 0. The van der Waals surface area contributed by atoms with E-state index in [0.29, 0.717) is 12.1 Å². The first-order chi connectivity index (χ1) is 8.19. The van der Waals surface area contributed by atoms with E-state index in [1.807, 2.05) is 30.3 Å². The Morgan fingerprint density at radius 3 is 2.20 bits per heavy atom. The summed E-state index contributed by atoms with van der Waals surface area (Å²) in [6.07, 6.45) is 0.750. The molecule has 0 bridgehead atoms. The lowest BCUT2D eigenvalue weighted by atomic mass is 10.1. The van der Waals surface area contributed by atoms with Gasteiger partial charge in [-0.2, -0.15) is 0 Å². The van der Waals surface area contributed by atoms with Crippen LogP contribution in [0.5, 0.6) is 0 Å². The average molecular weight is 199 g/mol. The smallest absolute Gasteiger partial charge is 0.222 e. The minimum atomic E-state index is 0.496. The van der Waals surface area contributed by atoms with Gasteiger partial charge in [0.25, 0.3) is 0 Å². The van der Waals surface area contributed by atoms with Crippen LogP contribution in [-0.4, -0.2) is 6.08 Å². The largest absolute Gasteiger partial charge is 0.231 e. The van der Waals surface area contributed by atoms with Crippen LogP contribution in [-0.2, 0) is 4.79 Å². The lowest BCUT2D eigenvalue weighted by Gasteiger charge is -1.98. The van der Waals surface area contributed by atoms with Crippen molar-refractivity contribution in [3.05, 3.63) is 60.6 Å². The van der Waals surface area contributed by atoms with Gasteiger partial charge in [-0.25, -0.2) is 10.2 Å². The Labute approximate surface area is 91.5 Å². The first kappa shape index (κ1) is 8.16. The highest BCUT2D eigenvalue weighted by Crippen LogP contribution is 2.17. The van der Waals surface area contributed by atoms with Gasteiger partial charge < -0.3 is 0 Å². The summed E-state index contributed by atoms with van der Waals surface area (Å²) < 4.78 is 15.1. The standard InChI is InChI=1S/C12H10.CHNO/c1-3-7-11(8-4-1)12-9-5-2-6-10-12;2-1-3/h1-10H;2H/i1D,9D;. The van der Waals surface area contributed by atoms with Crippen molar-refractivity contribution in [2.24, 2.45) is 0 Å². The fourth-order valence-corrected chi connectivity index (χ4v) is 1.14. The van der Waals surface area contributed by atoms with Crippen LogP contribution in [0.3, 0.4) is 0 Å². The van der Waals surface area contributed by atoms with Gasteiger partial charge in [0.1, 0.15) is 0 Å². The zero-order valence-electron chi connectivity index (χ0n) is 10.0. The molecule has 2 aromatic rings. The number of nitrogens with one attached hydrogen (secondary N) is 1. The molecule has 0 atom stereocenters. The normalized spacial score (nSPS) is 10.1. The van der Waals surface area contributed by atoms with Gasteiger partial charge in [0.15, 0.2) is 0 Å². The quantitative estimate of drug-likeness (QED) is 0.555. The van der Waals surface area contributed by atoms with E-state index >= 15 is 0 Å². The number of carbonyl (C=O) groups excluding carboxylic acids is 1. The van der Waals surface area contributed by atoms with Crippen LogP contribution in [0.2, 0.25) is 0 Å². The summed E-state index contributed by atoms with van der Waals surface area (Å²) in [6, 6.07) is 15.7. The molecule has 0 aliphatic heterocycles. The maximum absolute atomic E-state index is 8.35. The third-order valence-electron chi connectivity index (χ3n) is 1.74. The van der Waals surface area contributed by atoms with Crippen LogP contribution >= 0.6 is 0 Å². The Morgan fingerprint density at radius 1 is 1.00 bits per heavy atom. The maximum Gasteiger partial charge on any atom is 0.231 e. The van der Waals surface area contributed by atoms with Crippen LogP contribution in [0.1, 0.15) is 2.74 Å². The molecule has 0 aromatic heterocycles. The molecule has 2 rings (SSSR count). The zero-order valence-corrected chi connectivity index (χ0v) is 8.03. The Kier molecular flexibility index (Phi) is 3.43. The van der Waals surface area contributed by atoms with Crippen molar-refractivity contribution in [3.63, 3.8) is 0 Å². The average Bonchev–Trinajstić information content (AvgIpc) is 2.32. The number of isocyanates is 1. The molecule has 0 saturated carbocycles. The molecule has 74 valence electrons. The van der Waals surface area contributed by atoms with E-state index in [2.05, 4.69) is 0 Å². The second-order valence-electron chi connectivity index (χ2n) is 2.67. The van der Waals surface area contributed by atoms with E-state index in [-0.39, 0.29) is 0 Å². The summed E-state index contributed by atoms with van der Waals surface area (Å²) in [5.41, 5.74) is 1.90. The molecular weight excluding hydrogens is 186 g/mol. The third kappa shape index (κ3) is 3.59. The summed E-state index contributed by atoms with van der Waals surface area (Å²) in [4.78, 5) is 8.35. The molecule has 2 heteroatoms. The molecule has 0 spiro atoms. The van der Waals surface area contributed by atoms with Crippen molar-refractivity contribution in [2.75, 3.05) is 0 Å². The summed E-state index contributed by atoms with van der Waals surface area (Å²) in [7, 11) is 0. The molecule has 0 aliphatic rings. The molecule has 0 heterocycles. The molecule has 2 nitrogen and oxygen atoms in total. The molecule has 2 aromatic carbocycles. The second-order valence-corrected chi connectivity index (χ2v) is 2.67. The lowest BCUT2D eigenvalue weighted by Crippen LogP contribution is -1.73. The second kappa shape index (κ2) is 6.30. The van der Waals surface area contributed by atoms with Gasteiger partial charge in [-0.1, -0.05) is 60.6 Å². The van der Waals surface area contributed by atoms with E-state index in [0.717, 1.165) is 17.2 Å². The molecule has 1 N–H and O–H groups in total. The minimum absolute atomic E-state index is 0.496. The maximum atomic E-state index is 8.35. The van der Waals surface area contributed by atoms with Gasteiger partial charge >= 0.3 is 0 Å². The van der Waals surface area contributed by atoms with Crippen LogP contribution in [0.25, 0.3) is 11.1 Å². The van der Waals surface area contributed by atoms with E-state index in [1.54, 1.807) is 18.2 Å². The van der Waals surface area contributed by atoms with Crippen molar-refractivity contribution >= 4 is 6.08 Å². The number of hydrogen-bond acceptors (Lipinski definition) is 2. The molecule has 0 fully saturated rings. The number of rotatable bonds is 1. The fourth-order valence-electron chi connectivity index (χ4n) is 1.14. The summed E-state index contributed by atoms with van der Waals surface area (Å²) in [5.74, 6) is 0. The van der Waals surface area contributed by atoms with Gasteiger partial charge in [0.2, 0.25) is 6.08 Å². The van der Waals surface area contributed by atoms with Gasteiger partial charge in [0.05, 0.1) is 2.74 Å². The van der Waals surface area contributed by atoms with Crippen LogP contribution < -0.4 is 0 Å². The van der Waals surface area contributed by atoms with Gasteiger partial charge in [0, 0.05) is 0 Å². The van der Waals surface area contributed by atoms with E-state index in [4.69, 9.17) is 12.9 Å². The highest BCUT2D eigenvalue weighted by Gasteiger charge is 1.91. The van der Waals surface area contributed by atoms with Crippen molar-refractivity contribution in [2.45, 2.75) is 0 Å². The van der Waals surface area contributed by atoms with Crippen molar-refractivity contribution in [1.29, 1.82) is 5.41 Å². The summed E-state index contributed by atoms with van der Waals surface area (Å²) >= 11 is 0. The molecule has 0 radical (unpaired) electrons. The Bertz CT molecular complexity index is 517. The van der Waals surface area contributed by atoms with Crippen LogP contribution in [0, 0.1) is 5.41 Å². The van der Waals surface area contributed by atoms with Crippen molar-refractivity contribution in [3.8, 4) is 11.1 Å². The van der Waals surface area contributed by atoms with E-state index in [1.165, 1.54) is 0 Å². The van der Waals surface area contributed by atoms with Crippen LogP contribution in [0.15, 0.2) is 60.6 Å². The predicted molar refractivity (Wildman–Crippen MR) is 60.3 cm³/mol. The van der Waals surface area contributed by atoms with Crippen molar-refractivity contribution in [1.82, 2.24) is 0 Å². The Balaban J connectivity index is 0.000000437. The van der Waals surface area contributed by atoms with Crippen LogP contribution in [0.4, 0.5) is 0 Å². The van der Waals surface area contributed by atoms with Crippen molar-refractivity contribution < 1.29 is 7.54 Å². The van der Waals surface area contributed by atoms with E-state index in [9.17, 15) is 0 Å². The molecule has 0 unspecified atom stereocenters. The highest BCUT2D eigenvalue weighted by atomic mass is 16.1. The Hall–Kier alpha value is -2.18. The zero-order chi connectivity index (χ0) is 12.7. The first-order valence-corrected chi connectivity index (χ1v) is 4.35. The molecule has 0 amide bonds. The first-order valence-electron chi connectivity index (χ1n) is 5.35. The summed E-state index contributed by atoms with van der Waals surface area (Å²) in [5, 5.41) is 5.40. The Morgan fingerprint density at radius 2 is 1.60 bits per heavy atom. The molecule has 15 heavy (non-hydrogen) atoms. The lowest BCUT2D eigenvalue weighted by molar-refractivity contribution is 0.563. The fraction of sp³-hybridized carbons (Fsp3) is 0. The molecule has 0 saturated heterocycles. The third-order valence-corrected chi connectivity index (χ3v) is 1.74.